The predicted molar refractivity (Wildman–Crippen MR) is 95.8 cm³/mol. The first-order valence-corrected chi connectivity index (χ1v) is 8.26. The van der Waals surface area contributed by atoms with Crippen LogP contribution in [0.3, 0.4) is 0 Å². The van der Waals surface area contributed by atoms with Gasteiger partial charge in [0, 0.05) is 43.3 Å². The first-order valence-electron chi connectivity index (χ1n) is 8.26. The van der Waals surface area contributed by atoms with Gasteiger partial charge in [0.2, 0.25) is 5.91 Å². The van der Waals surface area contributed by atoms with Gasteiger partial charge in [-0.15, -0.1) is 0 Å². The fourth-order valence-corrected chi connectivity index (χ4v) is 2.57. The minimum absolute atomic E-state index is 0.0597. The zero-order valence-electron chi connectivity index (χ0n) is 14.0. The van der Waals surface area contributed by atoms with Crippen molar-refractivity contribution in [3.63, 3.8) is 0 Å². The molecule has 1 heterocycles. The second-order valence-electron chi connectivity index (χ2n) is 5.48. The lowest BCUT2D eigenvalue weighted by atomic mass is 10.1. The van der Waals surface area contributed by atoms with E-state index in [0.29, 0.717) is 6.42 Å². The number of hydrogen-bond acceptors (Lipinski definition) is 3. The van der Waals surface area contributed by atoms with Crippen LogP contribution in [0.25, 0.3) is 0 Å². The lowest BCUT2D eigenvalue weighted by molar-refractivity contribution is -0.116. The molecule has 0 aliphatic rings. The van der Waals surface area contributed by atoms with Gasteiger partial charge in [-0.05, 0) is 62.6 Å². The van der Waals surface area contributed by atoms with Gasteiger partial charge >= 0.3 is 0 Å². The number of aromatic nitrogens is 1. The molecular weight excluding hydrogens is 286 g/mol. The van der Waals surface area contributed by atoms with Gasteiger partial charge in [-0.3, -0.25) is 9.78 Å². The highest BCUT2D eigenvalue weighted by atomic mass is 16.1. The van der Waals surface area contributed by atoms with Crippen LogP contribution in [0.5, 0.6) is 0 Å². The molecule has 0 saturated heterocycles. The fourth-order valence-electron chi connectivity index (χ4n) is 2.57. The van der Waals surface area contributed by atoms with Crippen LogP contribution in [0.15, 0.2) is 48.8 Å². The average molecular weight is 311 g/mol. The van der Waals surface area contributed by atoms with E-state index in [1.54, 1.807) is 6.20 Å². The zero-order valence-corrected chi connectivity index (χ0v) is 14.0. The number of carbonyl (C=O) groups excluding carboxylic acids is 1. The highest BCUT2D eigenvalue weighted by Crippen LogP contribution is 2.18. The van der Waals surface area contributed by atoms with Crippen LogP contribution in [-0.2, 0) is 11.2 Å². The third kappa shape index (κ3) is 5.40. The van der Waals surface area contributed by atoms with Crippen LogP contribution in [0, 0.1) is 0 Å². The summed E-state index contributed by atoms with van der Waals surface area (Å²) < 4.78 is 0. The molecule has 1 aromatic heterocycles. The second-order valence-corrected chi connectivity index (χ2v) is 5.48. The number of pyridine rings is 1. The Morgan fingerprint density at radius 1 is 1.13 bits per heavy atom. The molecule has 122 valence electrons. The Bertz CT molecular complexity index is 592. The van der Waals surface area contributed by atoms with Crippen LogP contribution >= 0.6 is 0 Å². The maximum atomic E-state index is 12.0. The van der Waals surface area contributed by atoms with Gasteiger partial charge in [0.1, 0.15) is 0 Å². The van der Waals surface area contributed by atoms with Crippen molar-refractivity contribution in [2.24, 2.45) is 0 Å². The van der Waals surface area contributed by atoms with Crippen LogP contribution in [0.2, 0.25) is 0 Å². The number of rotatable bonds is 8. The molecular formula is C19H25N3O. The summed E-state index contributed by atoms with van der Waals surface area (Å²) >= 11 is 0. The van der Waals surface area contributed by atoms with Gasteiger partial charge in [0.05, 0.1) is 0 Å². The van der Waals surface area contributed by atoms with Crippen molar-refractivity contribution in [3.05, 3.63) is 54.4 Å². The molecule has 0 fully saturated rings. The quantitative estimate of drug-likeness (QED) is 0.804. The number of benzene rings is 1. The van der Waals surface area contributed by atoms with Crippen molar-refractivity contribution in [3.8, 4) is 0 Å². The second kappa shape index (κ2) is 8.93. The Balaban J connectivity index is 1.78. The molecule has 1 N–H and O–H groups in total. The Morgan fingerprint density at radius 2 is 1.87 bits per heavy atom. The molecule has 0 radical (unpaired) electrons. The molecule has 1 amide bonds. The lowest BCUT2D eigenvalue weighted by Crippen LogP contribution is -2.21. The van der Waals surface area contributed by atoms with E-state index >= 15 is 0 Å². The van der Waals surface area contributed by atoms with E-state index in [1.165, 1.54) is 11.3 Å². The number of nitrogens with one attached hydrogen (secondary N) is 1. The summed E-state index contributed by atoms with van der Waals surface area (Å²) in [4.78, 5) is 18.4. The lowest BCUT2D eigenvalue weighted by Gasteiger charge is -2.21. The molecule has 4 heteroatoms. The number of amides is 1. The van der Waals surface area contributed by atoms with E-state index in [4.69, 9.17) is 0 Å². The minimum Gasteiger partial charge on any atom is -0.372 e. The highest BCUT2D eigenvalue weighted by Gasteiger charge is 2.05. The Hall–Kier alpha value is -2.36. The van der Waals surface area contributed by atoms with Crippen molar-refractivity contribution in [1.82, 2.24) is 4.98 Å². The van der Waals surface area contributed by atoms with Gasteiger partial charge in [0.25, 0.3) is 0 Å². The van der Waals surface area contributed by atoms with Crippen molar-refractivity contribution in [2.75, 3.05) is 23.3 Å². The summed E-state index contributed by atoms with van der Waals surface area (Å²) in [6, 6.07) is 12.0. The Morgan fingerprint density at radius 3 is 2.48 bits per heavy atom. The van der Waals surface area contributed by atoms with Crippen molar-refractivity contribution >= 4 is 17.3 Å². The number of aryl methyl sites for hydroxylation is 1. The van der Waals surface area contributed by atoms with Gasteiger partial charge in [0.15, 0.2) is 0 Å². The third-order valence-electron chi connectivity index (χ3n) is 3.87. The molecule has 0 aliphatic heterocycles. The average Bonchev–Trinajstić information content (AvgIpc) is 2.58. The molecule has 0 atom stereocenters. The SMILES string of the molecule is CCN(CC)c1ccc(NC(=O)CCCc2cccnc2)cc1. The first-order chi connectivity index (χ1) is 11.2. The first kappa shape index (κ1) is 17.0. The summed E-state index contributed by atoms with van der Waals surface area (Å²) in [6.45, 7) is 6.25. The summed E-state index contributed by atoms with van der Waals surface area (Å²) in [7, 11) is 0. The number of hydrogen-bond donors (Lipinski definition) is 1. The standard InChI is InChI=1S/C19H25N3O/c1-3-22(4-2)18-12-10-17(11-13-18)21-19(23)9-5-7-16-8-6-14-20-15-16/h6,8,10-15H,3-5,7,9H2,1-2H3,(H,21,23). The fraction of sp³-hybridized carbons (Fsp3) is 0.368. The Kier molecular flexibility index (Phi) is 6.60. The zero-order chi connectivity index (χ0) is 16.5. The molecule has 2 aromatic rings. The topological polar surface area (TPSA) is 45.2 Å². The van der Waals surface area contributed by atoms with Gasteiger partial charge in [-0.1, -0.05) is 6.07 Å². The van der Waals surface area contributed by atoms with E-state index in [0.717, 1.165) is 31.6 Å². The Labute approximate surface area is 138 Å². The highest BCUT2D eigenvalue weighted by molar-refractivity contribution is 5.90. The smallest absolute Gasteiger partial charge is 0.224 e. The molecule has 0 saturated carbocycles. The largest absolute Gasteiger partial charge is 0.372 e. The molecule has 0 bridgehead atoms. The van der Waals surface area contributed by atoms with Crippen LogP contribution in [0.4, 0.5) is 11.4 Å². The predicted octanol–water partition coefficient (Wildman–Crippen LogP) is 3.89. The van der Waals surface area contributed by atoms with E-state index in [1.807, 2.05) is 30.5 Å². The minimum atomic E-state index is 0.0597. The van der Waals surface area contributed by atoms with E-state index in [2.05, 4.69) is 41.2 Å². The van der Waals surface area contributed by atoms with Crippen LogP contribution < -0.4 is 10.2 Å². The molecule has 2 rings (SSSR count). The normalized spacial score (nSPS) is 10.3. The summed E-state index contributed by atoms with van der Waals surface area (Å²) in [6.07, 6.45) is 5.84. The molecule has 0 spiro atoms. The van der Waals surface area contributed by atoms with Crippen LogP contribution in [-0.4, -0.2) is 24.0 Å². The van der Waals surface area contributed by atoms with E-state index in [9.17, 15) is 4.79 Å². The van der Waals surface area contributed by atoms with Crippen molar-refractivity contribution in [1.29, 1.82) is 0 Å². The van der Waals surface area contributed by atoms with E-state index < -0.39 is 0 Å². The van der Waals surface area contributed by atoms with Gasteiger partial charge in [-0.25, -0.2) is 0 Å². The van der Waals surface area contributed by atoms with E-state index in [-0.39, 0.29) is 5.91 Å². The number of nitrogens with zero attached hydrogens (tertiary/aromatic N) is 2. The number of anilines is 2. The van der Waals surface area contributed by atoms with Crippen LogP contribution in [0.1, 0.15) is 32.3 Å². The number of carbonyl (C=O) groups is 1. The van der Waals surface area contributed by atoms with Gasteiger partial charge < -0.3 is 10.2 Å². The molecule has 4 nitrogen and oxygen atoms in total. The molecule has 0 aliphatic carbocycles. The maximum absolute atomic E-state index is 12.0. The van der Waals surface area contributed by atoms with Gasteiger partial charge in [-0.2, -0.15) is 0 Å². The summed E-state index contributed by atoms with van der Waals surface area (Å²) in [5.74, 6) is 0.0597. The maximum Gasteiger partial charge on any atom is 0.224 e. The molecule has 1 aromatic carbocycles. The summed E-state index contributed by atoms with van der Waals surface area (Å²) in [5, 5.41) is 2.96. The molecule has 0 unspecified atom stereocenters. The van der Waals surface area contributed by atoms with Crippen molar-refractivity contribution < 1.29 is 4.79 Å². The monoisotopic (exact) mass is 311 g/mol. The third-order valence-corrected chi connectivity index (χ3v) is 3.87. The molecule has 23 heavy (non-hydrogen) atoms. The summed E-state index contributed by atoms with van der Waals surface area (Å²) in [5.41, 5.74) is 3.21. The van der Waals surface area contributed by atoms with Crippen molar-refractivity contribution in [2.45, 2.75) is 33.1 Å².